The molecule has 0 spiro atoms. The van der Waals surface area contributed by atoms with Crippen molar-refractivity contribution in [2.45, 2.75) is 19.5 Å². The molecule has 4 N–H and O–H groups in total. The van der Waals surface area contributed by atoms with Crippen molar-refractivity contribution < 1.29 is 14.7 Å². The predicted octanol–water partition coefficient (Wildman–Crippen LogP) is 0.376. The zero-order valence-electron chi connectivity index (χ0n) is 10.5. The Hall–Kier alpha value is -1.96. The Kier molecular flexibility index (Phi) is 4.10. The van der Waals surface area contributed by atoms with Crippen molar-refractivity contribution in [3.63, 3.8) is 0 Å². The summed E-state index contributed by atoms with van der Waals surface area (Å²) in [6.45, 7) is 2.12. The Morgan fingerprint density at radius 2 is 2.37 bits per heavy atom. The number of carbonyl (C=O) groups excluding carboxylic acids is 1. The minimum Gasteiger partial charge on any atom is -0.466 e. The third-order valence-electron chi connectivity index (χ3n) is 2.65. The van der Waals surface area contributed by atoms with E-state index in [0.29, 0.717) is 23.5 Å². The van der Waals surface area contributed by atoms with Gasteiger partial charge in [0.1, 0.15) is 11.8 Å². The van der Waals surface area contributed by atoms with Crippen LogP contribution in [0.1, 0.15) is 24.3 Å². The largest absolute Gasteiger partial charge is 0.466 e. The van der Waals surface area contributed by atoms with Gasteiger partial charge >= 0.3 is 5.97 Å². The highest BCUT2D eigenvalue weighted by Crippen LogP contribution is 2.12. The monoisotopic (exact) mass is 264 g/mol. The molecule has 2 rings (SSSR count). The highest BCUT2D eigenvalue weighted by Gasteiger charge is 2.10. The van der Waals surface area contributed by atoms with Crippen LogP contribution in [0.25, 0.3) is 5.65 Å². The molecule has 2 heterocycles. The molecule has 0 amide bonds. The smallest absolute Gasteiger partial charge is 0.311 e. The first-order chi connectivity index (χ1) is 9.13. The maximum atomic E-state index is 11.4. The first kappa shape index (κ1) is 13.5. The molecule has 0 fully saturated rings. The van der Waals surface area contributed by atoms with Gasteiger partial charge in [-0.1, -0.05) is 6.07 Å². The molecule has 102 valence electrons. The summed E-state index contributed by atoms with van der Waals surface area (Å²) in [5, 5.41) is 8.78. The quantitative estimate of drug-likeness (QED) is 0.410. The minimum absolute atomic E-state index is 0.134. The maximum absolute atomic E-state index is 11.4. The molecule has 0 aliphatic rings. The summed E-state index contributed by atoms with van der Waals surface area (Å²) in [6.07, 6.45) is 2.94. The summed E-state index contributed by atoms with van der Waals surface area (Å²) in [7, 11) is 0. The van der Waals surface area contributed by atoms with Crippen LogP contribution >= 0.6 is 0 Å². The summed E-state index contributed by atoms with van der Waals surface area (Å²) < 4.78 is 6.62. The van der Waals surface area contributed by atoms with E-state index in [4.69, 9.17) is 15.7 Å². The molecule has 0 bridgehead atoms. The van der Waals surface area contributed by atoms with Gasteiger partial charge < -0.3 is 20.1 Å². The predicted molar refractivity (Wildman–Crippen MR) is 67.4 cm³/mol. The molecule has 0 aromatic carbocycles. The van der Waals surface area contributed by atoms with E-state index in [9.17, 15) is 4.79 Å². The van der Waals surface area contributed by atoms with Crippen molar-refractivity contribution in [2.75, 3.05) is 6.61 Å². The van der Waals surface area contributed by atoms with Gasteiger partial charge in [0.15, 0.2) is 0 Å². The lowest BCUT2D eigenvalue weighted by molar-refractivity contribution is -0.142. The second-order valence-electron chi connectivity index (χ2n) is 4.05. The molecule has 2 aromatic rings. The summed E-state index contributed by atoms with van der Waals surface area (Å²) in [4.78, 5) is 15.7. The van der Waals surface area contributed by atoms with Crippen molar-refractivity contribution in [3.05, 3.63) is 35.8 Å². The summed E-state index contributed by atoms with van der Waals surface area (Å²) in [5.41, 5.74) is 9.65. The average molecular weight is 264 g/mol. The zero-order valence-corrected chi connectivity index (χ0v) is 10.5. The van der Waals surface area contributed by atoms with Crippen LogP contribution in [0, 0.1) is 0 Å². The van der Waals surface area contributed by atoms with Gasteiger partial charge in [-0.05, 0) is 13.0 Å². The number of nitrogens with zero attached hydrogens (tertiary/aromatic N) is 2. The molecular weight excluding hydrogens is 248 g/mol. The van der Waals surface area contributed by atoms with E-state index in [0.717, 1.165) is 0 Å². The summed E-state index contributed by atoms with van der Waals surface area (Å²) in [5.74, 6) is -0.306. The Morgan fingerprint density at radius 1 is 1.58 bits per heavy atom. The van der Waals surface area contributed by atoms with E-state index in [2.05, 4.69) is 4.98 Å². The molecule has 7 heteroatoms. The molecule has 1 unspecified atom stereocenters. The maximum Gasteiger partial charge on any atom is 0.311 e. The van der Waals surface area contributed by atoms with Gasteiger partial charge in [-0.3, -0.25) is 4.79 Å². The fourth-order valence-corrected chi connectivity index (χ4v) is 1.77. The van der Waals surface area contributed by atoms with Crippen LogP contribution in [0.15, 0.2) is 24.5 Å². The molecule has 0 radical (unpaired) electrons. The number of rotatable bonds is 5. The molecule has 7 nitrogen and oxygen atoms in total. The molecule has 2 aromatic heterocycles. The normalized spacial score (nSPS) is 12.6. The number of hydrogen-bond donors (Lipinski definition) is 3. The van der Waals surface area contributed by atoms with Gasteiger partial charge in [-0.2, -0.15) is 5.48 Å². The van der Waals surface area contributed by atoms with Gasteiger partial charge in [0.25, 0.3) is 0 Å². The Bertz CT molecular complexity index is 581. The number of fused-ring (bicyclic) bond motifs is 1. The topological polar surface area (TPSA) is 102 Å². The molecular formula is C12H16N4O3. The van der Waals surface area contributed by atoms with E-state index < -0.39 is 6.17 Å². The van der Waals surface area contributed by atoms with Gasteiger partial charge in [-0.15, -0.1) is 0 Å². The van der Waals surface area contributed by atoms with E-state index >= 15 is 0 Å². The summed E-state index contributed by atoms with van der Waals surface area (Å²) in [6, 6.07) is 3.52. The van der Waals surface area contributed by atoms with E-state index in [1.807, 2.05) is 5.48 Å². The Morgan fingerprint density at radius 3 is 3.05 bits per heavy atom. The lowest BCUT2D eigenvalue weighted by Gasteiger charge is -2.09. The van der Waals surface area contributed by atoms with Crippen LogP contribution in [-0.4, -0.2) is 27.2 Å². The van der Waals surface area contributed by atoms with Crippen molar-refractivity contribution in [1.82, 2.24) is 14.9 Å². The van der Waals surface area contributed by atoms with Gasteiger partial charge in [-0.25, -0.2) is 4.98 Å². The Labute approximate surface area is 110 Å². The number of hydrogen-bond acceptors (Lipinski definition) is 6. The number of aromatic nitrogens is 2. The molecule has 1 atom stereocenters. The van der Waals surface area contributed by atoms with Crippen molar-refractivity contribution in [1.29, 1.82) is 0 Å². The highest BCUT2D eigenvalue weighted by atomic mass is 16.5. The molecule has 0 aliphatic carbocycles. The summed E-state index contributed by atoms with van der Waals surface area (Å²) >= 11 is 0. The van der Waals surface area contributed by atoms with Gasteiger partial charge in [0.05, 0.1) is 18.7 Å². The second kappa shape index (κ2) is 5.79. The number of hydroxylamine groups is 1. The van der Waals surface area contributed by atoms with Gasteiger partial charge in [0, 0.05) is 18.0 Å². The molecule has 0 saturated heterocycles. The number of nitrogens with two attached hydrogens (primary N) is 1. The van der Waals surface area contributed by atoms with Crippen molar-refractivity contribution in [2.24, 2.45) is 5.73 Å². The number of esters is 1. The minimum atomic E-state index is -0.666. The number of imidazole rings is 1. The number of ether oxygens (including phenoxy) is 1. The van der Waals surface area contributed by atoms with Crippen LogP contribution in [0.4, 0.5) is 0 Å². The second-order valence-corrected chi connectivity index (χ2v) is 4.05. The van der Waals surface area contributed by atoms with Crippen LogP contribution in [-0.2, 0) is 16.0 Å². The first-order valence-corrected chi connectivity index (χ1v) is 5.92. The first-order valence-electron chi connectivity index (χ1n) is 5.92. The van der Waals surface area contributed by atoms with E-state index in [1.54, 1.807) is 35.9 Å². The van der Waals surface area contributed by atoms with Crippen molar-refractivity contribution in [3.8, 4) is 0 Å². The Balaban J connectivity index is 2.23. The molecule has 0 saturated carbocycles. The standard InChI is InChI=1S/C12H16N4O3/c1-2-19-11(17)5-9-7-16-6-8(12(13)15-18)3-4-10(16)14-9/h3-4,6-7,12,15,18H,2,5,13H2,1H3. The lowest BCUT2D eigenvalue weighted by Crippen LogP contribution is -2.25. The fraction of sp³-hybridized carbons (Fsp3) is 0.333. The lowest BCUT2D eigenvalue weighted by atomic mass is 10.2. The van der Waals surface area contributed by atoms with Crippen molar-refractivity contribution >= 4 is 11.6 Å². The molecule has 0 aliphatic heterocycles. The molecule has 19 heavy (non-hydrogen) atoms. The van der Waals surface area contributed by atoms with E-state index in [-0.39, 0.29) is 12.4 Å². The highest BCUT2D eigenvalue weighted by molar-refractivity contribution is 5.72. The van der Waals surface area contributed by atoms with Crippen LogP contribution in [0.3, 0.4) is 0 Å². The fourth-order valence-electron chi connectivity index (χ4n) is 1.77. The van der Waals surface area contributed by atoms with E-state index in [1.165, 1.54) is 0 Å². The third-order valence-corrected chi connectivity index (χ3v) is 2.65. The number of carbonyl (C=O) groups is 1. The van der Waals surface area contributed by atoms with Crippen LogP contribution < -0.4 is 11.2 Å². The SMILES string of the molecule is CCOC(=O)Cc1cn2cc(C(N)NO)ccc2n1. The number of pyridine rings is 1. The van der Waals surface area contributed by atoms with Crippen LogP contribution in [0.2, 0.25) is 0 Å². The average Bonchev–Trinajstić information content (AvgIpc) is 2.78. The number of nitrogens with one attached hydrogen (secondary N) is 1. The van der Waals surface area contributed by atoms with Crippen LogP contribution in [0.5, 0.6) is 0 Å². The van der Waals surface area contributed by atoms with Gasteiger partial charge in [0.2, 0.25) is 0 Å². The third kappa shape index (κ3) is 3.08. The zero-order chi connectivity index (χ0) is 13.8.